The number of carbonyl (C=O) groups is 1. The number of anilines is 1. The van der Waals surface area contributed by atoms with Gasteiger partial charge in [-0.15, -0.1) is 5.10 Å². The van der Waals surface area contributed by atoms with Gasteiger partial charge in [0.2, 0.25) is 5.89 Å². The number of benzene rings is 2. The van der Waals surface area contributed by atoms with Crippen molar-refractivity contribution in [3.63, 3.8) is 0 Å². The van der Waals surface area contributed by atoms with Crippen molar-refractivity contribution >= 4 is 22.9 Å². The molecule has 2 aromatic heterocycles. The number of para-hydroxylation sites is 1. The molecule has 1 N–H and O–H groups in total. The molecule has 0 atom stereocenters. The van der Waals surface area contributed by atoms with Crippen LogP contribution in [0, 0.1) is 0 Å². The van der Waals surface area contributed by atoms with Crippen molar-refractivity contribution in [3.8, 4) is 5.75 Å². The summed E-state index contributed by atoms with van der Waals surface area (Å²) in [5.41, 5.74) is 1.56. The van der Waals surface area contributed by atoms with E-state index in [1.165, 1.54) is 18.7 Å². The van der Waals surface area contributed by atoms with E-state index in [1.807, 2.05) is 24.3 Å². The molecule has 0 saturated heterocycles. The molecule has 30 heavy (non-hydrogen) atoms. The van der Waals surface area contributed by atoms with Crippen molar-refractivity contribution in [2.75, 3.05) is 12.4 Å². The lowest BCUT2D eigenvalue weighted by atomic mass is 10.1. The summed E-state index contributed by atoms with van der Waals surface area (Å²) in [6, 6.07) is 14.5. The van der Waals surface area contributed by atoms with Gasteiger partial charge in [0.25, 0.3) is 5.91 Å². The second-order valence-corrected chi connectivity index (χ2v) is 6.63. The molecule has 8 nitrogen and oxygen atoms in total. The third-order valence-corrected chi connectivity index (χ3v) is 4.66. The molecule has 2 aromatic carbocycles. The largest absolute Gasteiger partial charge is 0.493 e. The van der Waals surface area contributed by atoms with Crippen molar-refractivity contribution in [3.05, 3.63) is 81.5 Å². The number of aromatic nitrogens is 2. The zero-order valence-electron chi connectivity index (χ0n) is 16.5. The highest BCUT2D eigenvalue weighted by molar-refractivity contribution is 6.04. The van der Waals surface area contributed by atoms with Crippen molar-refractivity contribution < 1.29 is 18.4 Å². The summed E-state index contributed by atoms with van der Waals surface area (Å²) >= 11 is 0. The number of aryl methyl sites for hydroxylation is 1. The van der Waals surface area contributed by atoms with Crippen LogP contribution in [0.1, 0.15) is 34.3 Å². The second kappa shape index (κ2) is 8.20. The molecule has 152 valence electrons. The van der Waals surface area contributed by atoms with E-state index in [9.17, 15) is 9.59 Å². The lowest BCUT2D eigenvalue weighted by molar-refractivity contribution is 0.102. The third-order valence-electron chi connectivity index (χ3n) is 4.66. The minimum absolute atomic E-state index is 0.0923. The Bertz CT molecular complexity index is 1260. The molecule has 0 spiro atoms. The van der Waals surface area contributed by atoms with Crippen LogP contribution in [0.2, 0.25) is 0 Å². The molecule has 0 saturated carbocycles. The molecule has 0 aliphatic rings. The Balaban J connectivity index is 1.51. The van der Waals surface area contributed by atoms with Crippen LogP contribution in [0.25, 0.3) is 11.0 Å². The number of ether oxygens (including phenoxy) is 1. The van der Waals surface area contributed by atoms with E-state index in [-0.39, 0.29) is 17.2 Å². The molecule has 8 heteroatoms. The number of amides is 1. The molecular formula is C22H19N3O5. The Labute approximate surface area is 171 Å². The first kappa shape index (κ1) is 19.4. The molecular weight excluding hydrogens is 386 g/mol. The fraction of sp³-hybridized carbons (Fsp3) is 0.182. The van der Waals surface area contributed by atoms with Gasteiger partial charge in [-0.25, -0.2) is 4.79 Å². The molecule has 4 aromatic rings. The molecule has 0 aliphatic heterocycles. The zero-order chi connectivity index (χ0) is 21.1. The number of hydrogen-bond donors (Lipinski definition) is 1. The van der Waals surface area contributed by atoms with Gasteiger partial charge >= 0.3 is 11.6 Å². The smallest absolute Gasteiger partial charge is 0.349 e. The number of nitrogens with zero attached hydrogens (tertiary/aromatic N) is 2. The Kier molecular flexibility index (Phi) is 5.30. The number of nitrogens with one attached hydrogen (secondary N) is 1. The van der Waals surface area contributed by atoms with Gasteiger partial charge in [-0.05, 0) is 29.7 Å². The van der Waals surface area contributed by atoms with Crippen LogP contribution in [0.3, 0.4) is 0 Å². The Morgan fingerprint density at radius 2 is 1.83 bits per heavy atom. The maximum Gasteiger partial charge on any atom is 0.349 e. The highest BCUT2D eigenvalue weighted by Gasteiger charge is 2.18. The van der Waals surface area contributed by atoms with Gasteiger partial charge in [0.05, 0.1) is 13.5 Å². The van der Waals surface area contributed by atoms with Gasteiger partial charge < -0.3 is 13.6 Å². The first-order valence-corrected chi connectivity index (χ1v) is 9.39. The average molecular weight is 405 g/mol. The summed E-state index contributed by atoms with van der Waals surface area (Å²) in [5.74, 6) is 0.0610. The highest BCUT2D eigenvalue weighted by atomic mass is 16.5. The van der Waals surface area contributed by atoms with Gasteiger partial charge in [-0.3, -0.25) is 10.1 Å². The van der Waals surface area contributed by atoms with Crippen LogP contribution in [-0.2, 0) is 12.8 Å². The molecule has 0 radical (unpaired) electrons. The minimum Gasteiger partial charge on any atom is -0.493 e. The minimum atomic E-state index is -0.791. The third kappa shape index (κ3) is 3.93. The van der Waals surface area contributed by atoms with E-state index in [2.05, 4.69) is 22.4 Å². The number of fused-ring (bicyclic) bond motifs is 1. The maximum atomic E-state index is 12.5. The Morgan fingerprint density at radius 3 is 2.57 bits per heavy atom. The zero-order valence-corrected chi connectivity index (χ0v) is 16.5. The lowest BCUT2D eigenvalue weighted by Crippen LogP contribution is -2.20. The van der Waals surface area contributed by atoms with Crippen molar-refractivity contribution in [2.45, 2.75) is 19.8 Å². The summed E-state index contributed by atoms with van der Waals surface area (Å²) in [5, 5.41) is 10.8. The number of carbonyl (C=O) groups excluding carboxylic acids is 1. The van der Waals surface area contributed by atoms with Crippen LogP contribution in [0.5, 0.6) is 5.75 Å². The standard InChI is InChI=1S/C22H19N3O5/c1-3-13-7-9-14(10-8-13)11-18-24-25-22(29-18)23-20(26)16-12-15-5-4-6-17(28-2)19(15)30-21(16)27/h4-10,12H,3,11H2,1-2H3,(H,23,25,26). The summed E-state index contributed by atoms with van der Waals surface area (Å²) in [6.07, 6.45) is 1.40. The maximum absolute atomic E-state index is 12.5. The highest BCUT2D eigenvalue weighted by Crippen LogP contribution is 2.24. The molecule has 1 amide bonds. The van der Waals surface area contributed by atoms with E-state index in [1.54, 1.807) is 18.2 Å². The fourth-order valence-electron chi connectivity index (χ4n) is 3.04. The van der Waals surface area contributed by atoms with Crippen LogP contribution < -0.4 is 15.7 Å². The van der Waals surface area contributed by atoms with Gasteiger partial charge in [0.1, 0.15) is 5.56 Å². The van der Waals surface area contributed by atoms with Crippen molar-refractivity contribution in [2.24, 2.45) is 0 Å². The Morgan fingerprint density at radius 1 is 1.07 bits per heavy atom. The lowest BCUT2D eigenvalue weighted by Gasteiger charge is -2.05. The summed E-state index contributed by atoms with van der Waals surface area (Å²) in [7, 11) is 1.47. The van der Waals surface area contributed by atoms with E-state index in [4.69, 9.17) is 13.6 Å². The van der Waals surface area contributed by atoms with Crippen molar-refractivity contribution in [1.82, 2.24) is 10.2 Å². The topological polar surface area (TPSA) is 107 Å². The van der Waals surface area contributed by atoms with Gasteiger partial charge in [-0.2, -0.15) is 0 Å². The van der Waals surface area contributed by atoms with Gasteiger partial charge in [0.15, 0.2) is 11.3 Å². The van der Waals surface area contributed by atoms with Crippen LogP contribution in [-0.4, -0.2) is 23.2 Å². The van der Waals surface area contributed by atoms with E-state index < -0.39 is 11.5 Å². The van der Waals surface area contributed by atoms with Crippen LogP contribution in [0.4, 0.5) is 6.01 Å². The normalized spacial score (nSPS) is 10.9. The van der Waals surface area contributed by atoms with E-state index in [0.29, 0.717) is 23.4 Å². The SMILES string of the molecule is CCc1ccc(Cc2nnc(NC(=O)c3cc4cccc(OC)c4oc3=O)o2)cc1. The predicted octanol–water partition coefficient (Wildman–Crippen LogP) is 3.59. The van der Waals surface area contributed by atoms with Gasteiger partial charge in [-0.1, -0.05) is 48.4 Å². The Hall–Kier alpha value is -3.94. The van der Waals surface area contributed by atoms with Gasteiger partial charge in [0, 0.05) is 5.39 Å². The molecule has 4 rings (SSSR count). The molecule has 0 unspecified atom stereocenters. The molecule has 2 heterocycles. The first-order chi connectivity index (χ1) is 14.6. The fourth-order valence-corrected chi connectivity index (χ4v) is 3.04. The molecule has 0 fully saturated rings. The predicted molar refractivity (Wildman–Crippen MR) is 110 cm³/mol. The number of hydrogen-bond acceptors (Lipinski definition) is 7. The van der Waals surface area contributed by atoms with Crippen LogP contribution >= 0.6 is 0 Å². The quantitative estimate of drug-likeness (QED) is 0.488. The average Bonchev–Trinajstić information content (AvgIpc) is 3.19. The monoisotopic (exact) mass is 405 g/mol. The van der Waals surface area contributed by atoms with Crippen molar-refractivity contribution in [1.29, 1.82) is 0 Å². The summed E-state index contributed by atoms with van der Waals surface area (Å²) < 4.78 is 15.9. The second-order valence-electron chi connectivity index (χ2n) is 6.63. The number of rotatable bonds is 6. The van der Waals surface area contributed by atoms with E-state index in [0.717, 1.165) is 12.0 Å². The van der Waals surface area contributed by atoms with Crippen LogP contribution in [0.15, 0.2) is 62.2 Å². The molecule has 0 bridgehead atoms. The molecule has 0 aliphatic carbocycles. The summed E-state index contributed by atoms with van der Waals surface area (Å²) in [6.45, 7) is 2.09. The van der Waals surface area contributed by atoms with E-state index >= 15 is 0 Å². The number of methoxy groups -OCH3 is 1. The first-order valence-electron chi connectivity index (χ1n) is 9.39. The summed E-state index contributed by atoms with van der Waals surface area (Å²) in [4.78, 5) is 24.8.